The fourth-order valence-electron chi connectivity index (χ4n) is 2.88. The van der Waals surface area contributed by atoms with Crippen LogP contribution >= 0.6 is 11.6 Å². The fourth-order valence-corrected chi connectivity index (χ4v) is 3.96. The summed E-state index contributed by atoms with van der Waals surface area (Å²) in [6, 6.07) is 21.1. The number of nitrogens with zero attached hydrogens (tertiary/aromatic N) is 1. The second-order valence-electron chi connectivity index (χ2n) is 6.69. The molecule has 0 radical (unpaired) electrons. The predicted molar refractivity (Wildman–Crippen MR) is 118 cm³/mol. The summed E-state index contributed by atoms with van der Waals surface area (Å²) in [4.78, 5) is 12.9. The Hall–Kier alpha value is -2.83. The molecule has 0 aromatic heterocycles. The van der Waals surface area contributed by atoms with Crippen LogP contribution in [0.25, 0.3) is 0 Å². The first kappa shape index (κ1) is 20.9. The van der Waals surface area contributed by atoms with Crippen molar-refractivity contribution in [3.8, 4) is 0 Å². The van der Waals surface area contributed by atoms with Crippen LogP contribution in [-0.4, -0.2) is 20.6 Å². The number of amides is 1. The number of carbonyl (C=O) groups is 1. The number of sulfonamides is 1. The Kier molecular flexibility index (Phi) is 6.25. The Morgan fingerprint density at radius 3 is 2.31 bits per heavy atom. The third kappa shape index (κ3) is 5.16. The molecule has 0 saturated heterocycles. The predicted octanol–water partition coefficient (Wildman–Crippen LogP) is 4.87. The van der Waals surface area contributed by atoms with Gasteiger partial charge in [0.05, 0.1) is 24.1 Å². The molecule has 0 aliphatic heterocycles. The van der Waals surface area contributed by atoms with E-state index in [-0.39, 0.29) is 12.1 Å². The summed E-state index contributed by atoms with van der Waals surface area (Å²) in [7, 11) is -3.63. The normalized spacial score (nSPS) is 11.1. The van der Waals surface area contributed by atoms with Crippen molar-refractivity contribution in [3.05, 3.63) is 94.5 Å². The van der Waals surface area contributed by atoms with E-state index in [1.54, 1.807) is 36.4 Å². The number of anilines is 2. The van der Waals surface area contributed by atoms with Crippen LogP contribution in [0, 0.1) is 6.92 Å². The van der Waals surface area contributed by atoms with E-state index < -0.39 is 15.9 Å². The smallest absolute Gasteiger partial charge is 0.257 e. The zero-order valence-corrected chi connectivity index (χ0v) is 17.7. The first-order valence-corrected chi connectivity index (χ1v) is 11.2. The number of carbonyl (C=O) groups excluding carboxylic acids is 1. The quantitative estimate of drug-likeness (QED) is 0.609. The molecule has 0 aliphatic rings. The first-order valence-electron chi connectivity index (χ1n) is 8.94. The number of halogens is 1. The van der Waals surface area contributed by atoms with Gasteiger partial charge in [-0.25, -0.2) is 8.42 Å². The zero-order valence-electron chi connectivity index (χ0n) is 16.1. The van der Waals surface area contributed by atoms with E-state index in [1.807, 2.05) is 43.3 Å². The van der Waals surface area contributed by atoms with E-state index in [1.165, 1.54) is 4.31 Å². The summed E-state index contributed by atoms with van der Waals surface area (Å²) in [5, 5.41) is 3.33. The lowest BCUT2D eigenvalue weighted by Crippen LogP contribution is -2.31. The number of aryl methyl sites for hydroxylation is 1. The van der Waals surface area contributed by atoms with Gasteiger partial charge >= 0.3 is 0 Å². The molecule has 3 aromatic rings. The van der Waals surface area contributed by atoms with E-state index in [0.717, 1.165) is 17.4 Å². The molecule has 0 bridgehead atoms. The van der Waals surface area contributed by atoms with Crippen LogP contribution in [0.2, 0.25) is 5.02 Å². The maximum atomic E-state index is 12.9. The van der Waals surface area contributed by atoms with Crippen LogP contribution in [0.1, 0.15) is 21.5 Å². The molecule has 1 N–H and O–H groups in total. The molecule has 5 nitrogen and oxygen atoms in total. The minimum absolute atomic E-state index is 0.125. The summed E-state index contributed by atoms with van der Waals surface area (Å²) >= 11 is 6.14. The number of benzene rings is 3. The molecule has 150 valence electrons. The fraction of sp³-hybridized carbons (Fsp3) is 0.136. The molecular weight excluding hydrogens is 408 g/mol. The molecule has 0 aliphatic carbocycles. The zero-order chi connectivity index (χ0) is 21.0. The third-order valence-electron chi connectivity index (χ3n) is 4.42. The Morgan fingerprint density at radius 1 is 1.00 bits per heavy atom. The largest absolute Gasteiger partial charge is 0.322 e. The monoisotopic (exact) mass is 428 g/mol. The van der Waals surface area contributed by atoms with Gasteiger partial charge in [0, 0.05) is 10.7 Å². The van der Waals surface area contributed by atoms with Gasteiger partial charge in [-0.15, -0.1) is 0 Å². The molecule has 1 amide bonds. The van der Waals surface area contributed by atoms with Gasteiger partial charge in [0.15, 0.2) is 0 Å². The first-order chi connectivity index (χ1) is 13.8. The average Bonchev–Trinajstić information content (AvgIpc) is 2.69. The van der Waals surface area contributed by atoms with Crippen LogP contribution in [0.4, 0.5) is 11.4 Å². The summed E-state index contributed by atoms with van der Waals surface area (Å²) in [5.41, 5.74) is 2.82. The molecule has 0 fully saturated rings. The van der Waals surface area contributed by atoms with Gasteiger partial charge in [0.1, 0.15) is 0 Å². The second kappa shape index (κ2) is 8.68. The summed E-state index contributed by atoms with van der Waals surface area (Å²) in [5.74, 6) is -0.415. The van der Waals surface area contributed by atoms with Gasteiger partial charge < -0.3 is 5.32 Å². The van der Waals surface area contributed by atoms with Crippen LogP contribution in [0.5, 0.6) is 0 Å². The topological polar surface area (TPSA) is 66.5 Å². The van der Waals surface area contributed by atoms with Crippen molar-refractivity contribution in [1.29, 1.82) is 0 Å². The van der Waals surface area contributed by atoms with E-state index in [2.05, 4.69) is 5.32 Å². The summed E-state index contributed by atoms with van der Waals surface area (Å²) in [6.45, 7) is 2.00. The Morgan fingerprint density at radius 2 is 1.66 bits per heavy atom. The van der Waals surface area contributed by atoms with E-state index in [0.29, 0.717) is 16.4 Å². The van der Waals surface area contributed by atoms with Gasteiger partial charge in [-0.3, -0.25) is 9.10 Å². The third-order valence-corrected chi connectivity index (χ3v) is 5.95. The molecule has 0 atom stereocenters. The highest BCUT2D eigenvalue weighted by Crippen LogP contribution is 2.27. The van der Waals surface area contributed by atoms with Crippen molar-refractivity contribution in [1.82, 2.24) is 0 Å². The summed E-state index contributed by atoms with van der Waals surface area (Å²) < 4.78 is 26.3. The highest BCUT2D eigenvalue weighted by atomic mass is 35.5. The lowest BCUT2D eigenvalue weighted by Gasteiger charge is -2.24. The number of para-hydroxylation sites is 1. The summed E-state index contributed by atoms with van der Waals surface area (Å²) in [6.07, 6.45) is 1.13. The van der Waals surface area contributed by atoms with Crippen LogP contribution in [0.3, 0.4) is 0 Å². The lowest BCUT2D eigenvalue weighted by atomic mass is 10.1. The van der Waals surface area contributed by atoms with Gasteiger partial charge in [-0.2, -0.15) is 0 Å². The van der Waals surface area contributed by atoms with Gasteiger partial charge in [-0.1, -0.05) is 60.1 Å². The molecule has 0 spiro atoms. The van der Waals surface area contributed by atoms with Gasteiger partial charge in [-0.05, 0) is 42.3 Å². The van der Waals surface area contributed by atoms with E-state index in [4.69, 9.17) is 11.6 Å². The van der Waals surface area contributed by atoms with E-state index >= 15 is 0 Å². The maximum Gasteiger partial charge on any atom is 0.257 e. The highest BCUT2D eigenvalue weighted by Gasteiger charge is 2.23. The lowest BCUT2D eigenvalue weighted by molar-refractivity contribution is 0.102. The number of hydrogen-bond acceptors (Lipinski definition) is 3. The van der Waals surface area contributed by atoms with Gasteiger partial charge in [0.2, 0.25) is 10.0 Å². The number of hydrogen-bond donors (Lipinski definition) is 1. The van der Waals surface area contributed by atoms with Crippen LogP contribution in [-0.2, 0) is 16.6 Å². The van der Waals surface area contributed by atoms with Crippen LogP contribution < -0.4 is 9.62 Å². The molecule has 3 aromatic carbocycles. The molecule has 7 heteroatoms. The molecule has 0 saturated carbocycles. The highest BCUT2D eigenvalue weighted by molar-refractivity contribution is 7.92. The standard InChI is InChI=1S/C22H21ClN2O3S/c1-16-12-13-18(14-20(16)23)24-22(26)19-10-6-7-11-21(19)25(29(2,27)28)15-17-8-4-3-5-9-17/h3-14H,15H2,1-2H3,(H,24,26). The van der Waals surface area contributed by atoms with Crippen molar-refractivity contribution in [2.24, 2.45) is 0 Å². The minimum Gasteiger partial charge on any atom is -0.322 e. The molecule has 29 heavy (non-hydrogen) atoms. The molecule has 3 rings (SSSR count). The van der Waals surface area contributed by atoms with Crippen molar-refractivity contribution in [3.63, 3.8) is 0 Å². The number of rotatable bonds is 6. The SMILES string of the molecule is Cc1ccc(NC(=O)c2ccccc2N(Cc2ccccc2)S(C)(=O)=O)cc1Cl. The number of nitrogens with one attached hydrogen (secondary N) is 1. The second-order valence-corrected chi connectivity index (χ2v) is 9.00. The van der Waals surface area contributed by atoms with Crippen LogP contribution in [0.15, 0.2) is 72.8 Å². The average molecular weight is 429 g/mol. The Bertz CT molecular complexity index is 1130. The minimum atomic E-state index is -3.63. The van der Waals surface area contributed by atoms with Crippen molar-refractivity contribution in [2.45, 2.75) is 13.5 Å². The van der Waals surface area contributed by atoms with Gasteiger partial charge in [0.25, 0.3) is 5.91 Å². The Labute approximate surface area is 176 Å². The van der Waals surface area contributed by atoms with E-state index in [9.17, 15) is 13.2 Å². The van der Waals surface area contributed by atoms with Crippen molar-refractivity contribution < 1.29 is 13.2 Å². The van der Waals surface area contributed by atoms with Crippen molar-refractivity contribution >= 4 is 38.9 Å². The molecule has 0 unspecified atom stereocenters. The maximum absolute atomic E-state index is 12.9. The Balaban J connectivity index is 1.96. The molecular formula is C22H21ClN2O3S. The molecule has 0 heterocycles. The van der Waals surface area contributed by atoms with Crippen molar-refractivity contribution in [2.75, 3.05) is 15.9 Å².